The van der Waals surface area contributed by atoms with E-state index in [-0.39, 0.29) is 12.5 Å². The first-order chi connectivity index (χ1) is 9.63. The maximum atomic E-state index is 11.4. The van der Waals surface area contributed by atoms with Crippen LogP contribution < -0.4 is 4.74 Å². The van der Waals surface area contributed by atoms with Crippen molar-refractivity contribution in [2.24, 2.45) is 0 Å². The molecule has 0 bridgehead atoms. The van der Waals surface area contributed by atoms with Gasteiger partial charge in [0.25, 0.3) is 0 Å². The minimum atomic E-state index is -0.604. The minimum Gasteiger partial charge on any atom is -0.496 e. The van der Waals surface area contributed by atoms with Crippen molar-refractivity contribution in [2.75, 3.05) is 13.7 Å². The number of benzene rings is 1. The Morgan fingerprint density at radius 3 is 2.90 bits per heavy atom. The zero-order valence-corrected chi connectivity index (χ0v) is 11.7. The van der Waals surface area contributed by atoms with Gasteiger partial charge in [0.05, 0.1) is 13.7 Å². The van der Waals surface area contributed by atoms with Crippen LogP contribution in [0.15, 0.2) is 22.7 Å². The fourth-order valence-corrected chi connectivity index (χ4v) is 1.76. The molecule has 0 aliphatic heterocycles. The molecule has 0 radical (unpaired) electrons. The first kappa shape index (κ1) is 14.0. The number of carbonyl (C=O) groups is 1. The van der Waals surface area contributed by atoms with Gasteiger partial charge in [-0.05, 0) is 31.0 Å². The van der Waals surface area contributed by atoms with Crippen LogP contribution in [0.3, 0.4) is 0 Å². The summed E-state index contributed by atoms with van der Waals surface area (Å²) in [5.74, 6) is 0.504. The minimum absolute atomic E-state index is 0.124. The SMILES string of the molecule is CCOC(=O)c1nc(Cc2ccc(C)c(OC)c2)no1. The lowest BCUT2D eigenvalue weighted by atomic mass is 10.1. The van der Waals surface area contributed by atoms with Crippen LogP contribution >= 0.6 is 0 Å². The van der Waals surface area contributed by atoms with Crippen LogP contribution in [-0.4, -0.2) is 29.8 Å². The van der Waals surface area contributed by atoms with Gasteiger partial charge in [-0.15, -0.1) is 0 Å². The van der Waals surface area contributed by atoms with Crippen molar-refractivity contribution in [1.29, 1.82) is 0 Å². The molecule has 0 fully saturated rings. The molecule has 0 aliphatic rings. The zero-order valence-electron chi connectivity index (χ0n) is 11.7. The summed E-state index contributed by atoms with van der Waals surface area (Å²) >= 11 is 0. The van der Waals surface area contributed by atoms with E-state index in [4.69, 9.17) is 14.0 Å². The molecule has 20 heavy (non-hydrogen) atoms. The smallest absolute Gasteiger partial charge is 0.397 e. The fourth-order valence-electron chi connectivity index (χ4n) is 1.76. The summed E-state index contributed by atoms with van der Waals surface area (Å²) in [6.45, 7) is 3.95. The van der Waals surface area contributed by atoms with Gasteiger partial charge in [-0.3, -0.25) is 0 Å². The Labute approximate surface area is 116 Å². The Balaban J connectivity index is 2.12. The van der Waals surface area contributed by atoms with Crippen molar-refractivity contribution in [1.82, 2.24) is 10.1 Å². The van der Waals surface area contributed by atoms with Gasteiger partial charge < -0.3 is 14.0 Å². The largest absolute Gasteiger partial charge is 0.496 e. The number of esters is 1. The van der Waals surface area contributed by atoms with E-state index in [1.807, 2.05) is 25.1 Å². The Hall–Kier alpha value is -2.37. The molecule has 0 saturated heterocycles. The molecule has 0 atom stereocenters. The summed E-state index contributed by atoms with van der Waals surface area (Å²) in [7, 11) is 1.62. The van der Waals surface area contributed by atoms with Gasteiger partial charge in [-0.2, -0.15) is 4.98 Å². The van der Waals surface area contributed by atoms with Gasteiger partial charge in [0.2, 0.25) is 0 Å². The Morgan fingerprint density at radius 2 is 2.20 bits per heavy atom. The Bertz CT molecular complexity index is 607. The van der Waals surface area contributed by atoms with Crippen LogP contribution in [0.5, 0.6) is 5.75 Å². The average molecular weight is 276 g/mol. The van der Waals surface area contributed by atoms with Crippen molar-refractivity contribution in [3.63, 3.8) is 0 Å². The highest BCUT2D eigenvalue weighted by atomic mass is 16.6. The lowest BCUT2D eigenvalue weighted by Gasteiger charge is -2.05. The second kappa shape index (κ2) is 6.18. The van der Waals surface area contributed by atoms with Crippen molar-refractivity contribution < 1.29 is 18.8 Å². The molecule has 1 aromatic heterocycles. The van der Waals surface area contributed by atoms with Crippen LogP contribution in [0.25, 0.3) is 0 Å². The third-order valence-corrected chi connectivity index (χ3v) is 2.75. The van der Waals surface area contributed by atoms with Gasteiger partial charge in [-0.1, -0.05) is 17.3 Å². The number of nitrogens with zero attached hydrogens (tertiary/aromatic N) is 2. The molecule has 2 aromatic rings. The number of rotatable bonds is 5. The number of hydrogen-bond donors (Lipinski definition) is 0. The van der Waals surface area contributed by atoms with Crippen LogP contribution in [0.2, 0.25) is 0 Å². The molecule has 0 amide bonds. The van der Waals surface area contributed by atoms with E-state index < -0.39 is 5.97 Å². The predicted octanol–water partition coefficient (Wildman–Crippen LogP) is 2.15. The normalized spacial score (nSPS) is 10.3. The topological polar surface area (TPSA) is 74.5 Å². The van der Waals surface area contributed by atoms with Crippen LogP contribution in [0, 0.1) is 6.92 Å². The monoisotopic (exact) mass is 276 g/mol. The average Bonchev–Trinajstić information content (AvgIpc) is 2.90. The number of hydrogen-bond acceptors (Lipinski definition) is 6. The molecule has 1 heterocycles. The number of methoxy groups -OCH3 is 1. The summed E-state index contributed by atoms with van der Waals surface area (Å²) in [6.07, 6.45) is 0.458. The quantitative estimate of drug-likeness (QED) is 0.779. The molecule has 6 heteroatoms. The molecule has 2 rings (SSSR count). The number of carbonyl (C=O) groups excluding carboxylic acids is 1. The first-order valence-electron chi connectivity index (χ1n) is 6.27. The molecule has 106 valence electrons. The fraction of sp³-hybridized carbons (Fsp3) is 0.357. The summed E-state index contributed by atoms with van der Waals surface area (Å²) in [5, 5.41) is 3.76. The second-order valence-corrected chi connectivity index (χ2v) is 4.22. The van der Waals surface area contributed by atoms with Crippen LogP contribution in [0.4, 0.5) is 0 Å². The third kappa shape index (κ3) is 3.14. The highest BCUT2D eigenvalue weighted by Gasteiger charge is 2.16. The van der Waals surface area contributed by atoms with Crippen molar-refractivity contribution >= 4 is 5.97 Å². The Kier molecular flexibility index (Phi) is 4.34. The zero-order chi connectivity index (χ0) is 14.5. The van der Waals surface area contributed by atoms with E-state index in [0.29, 0.717) is 12.2 Å². The van der Waals surface area contributed by atoms with E-state index in [2.05, 4.69) is 10.1 Å². The van der Waals surface area contributed by atoms with Crippen molar-refractivity contribution in [3.8, 4) is 5.75 Å². The summed E-state index contributed by atoms with van der Waals surface area (Å²) in [6, 6.07) is 5.83. The van der Waals surface area contributed by atoms with Crippen molar-refractivity contribution in [2.45, 2.75) is 20.3 Å². The predicted molar refractivity (Wildman–Crippen MR) is 70.8 cm³/mol. The number of aryl methyl sites for hydroxylation is 1. The van der Waals surface area contributed by atoms with Gasteiger partial charge in [0, 0.05) is 6.42 Å². The lowest BCUT2D eigenvalue weighted by Crippen LogP contribution is -2.05. The Morgan fingerprint density at radius 1 is 1.40 bits per heavy atom. The standard InChI is InChI=1S/C14H16N2O4/c1-4-19-14(17)13-15-12(16-20-13)8-10-6-5-9(2)11(7-10)18-3/h5-7H,4,8H2,1-3H3. The van der Waals surface area contributed by atoms with Crippen molar-refractivity contribution in [3.05, 3.63) is 41.0 Å². The maximum Gasteiger partial charge on any atom is 0.397 e. The van der Waals surface area contributed by atoms with Gasteiger partial charge in [-0.25, -0.2) is 4.79 Å². The summed E-state index contributed by atoms with van der Waals surface area (Å²) in [5.41, 5.74) is 2.03. The van der Waals surface area contributed by atoms with Gasteiger partial charge in [0.1, 0.15) is 5.75 Å². The summed E-state index contributed by atoms with van der Waals surface area (Å²) in [4.78, 5) is 15.4. The van der Waals surface area contributed by atoms with E-state index in [9.17, 15) is 4.79 Å². The molecule has 1 aromatic carbocycles. The molecule has 0 unspecified atom stereocenters. The maximum absolute atomic E-state index is 11.4. The highest BCUT2D eigenvalue weighted by molar-refractivity contribution is 5.83. The van der Waals surface area contributed by atoms with Gasteiger partial charge in [0.15, 0.2) is 5.82 Å². The molecular formula is C14H16N2O4. The first-order valence-corrected chi connectivity index (χ1v) is 6.27. The van der Waals surface area contributed by atoms with E-state index >= 15 is 0 Å². The van der Waals surface area contributed by atoms with Crippen LogP contribution in [0.1, 0.15) is 34.6 Å². The van der Waals surface area contributed by atoms with Gasteiger partial charge >= 0.3 is 11.9 Å². The molecule has 0 N–H and O–H groups in total. The second-order valence-electron chi connectivity index (χ2n) is 4.22. The molecule has 0 spiro atoms. The molecular weight excluding hydrogens is 260 g/mol. The highest BCUT2D eigenvalue weighted by Crippen LogP contribution is 2.20. The lowest BCUT2D eigenvalue weighted by molar-refractivity contribution is 0.0470. The third-order valence-electron chi connectivity index (χ3n) is 2.75. The van der Waals surface area contributed by atoms with E-state index in [1.165, 1.54) is 0 Å². The number of aromatic nitrogens is 2. The molecule has 0 aliphatic carbocycles. The van der Waals surface area contributed by atoms with Crippen LogP contribution in [-0.2, 0) is 11.2 Å². The molecule has 6 nitrogen and oxygen atoms in total. The summed E-state index contributed by atoms with van der Waals surface area (Å²) < 4.78 is 14.9. The molecule has 0 saturated carbocycles. The number of ether oxygens (including phenoxy) is 2. The van der Waals surface area contributed by atoms with E-state index in [0.717, 1.165) is 16.9 Å². The van der Waals surface area contributed by atoms with E-state index in [1.54, 1.807) is 14.0 Å².